The van der Waals surface area contributed by atoms with Gasteiger partial charge in [0.1, 0.15) is 5.52 Å². The summed E-state index contributed by atoms with van der Waals surface area (Å²) in [6, 6.07) is 18.2. The van der Waals surface area contributed by atoms with Gasteiger partial charge in [0.05, 0.1) is 11.6 Å². The summed E-state index contributed by atoms with van der Waals surface area (Å²) in [5.41, 5.74) is 4.11. The molecular weight excluding hydrogens is 312 g/mol. The Bertz CT molecular complexity index is 1010. The van der Waals surface area contributed by atoms with E-state index in [1.54, 1.807) is 10.9 Å². The van der Waals surface area contributed by atoms with Crippen LogP contribution in [0.2, 0.25) is 0 Å². The molecule has 1 unspecified atom stereocenters. The van der Waals surface area contributed by atoms with E-state index in [1.165, 1.54) is 5.56 Å². The van der Waals surface area contributed by atoms with Crippen molar-refractivity contribution in [3.05, 3.63) is 71.9 Å². The molecule has 124 valence electrons. The van der Waals surface area contributed by atoms with Crippen LogP contribution in [-0.2, 0) is 0 Å². The fourth-order valence-corrected chi connectivity index (χ4v) is 2.75. The smallest absolute Gasteiger partial charge is 0.225 e. The molecule has 4 rings (SSSR count). The standard InChI is InChI=1S/C19H18N6/c1-13-8-9-16-17(12-13)25(24-23-16)18-10-11-20-19(22-18)21-14(2)15-6-4-3-5-7-15/h3-12,14H,1-2H3,(H,20,21,22). The van der Waals surface area contributed by atoms with Crippen LogP contribution in [0.5, 0.6) is 0 Å². The monoisotopic (exact) mass is 330 g/mol. The highest BCUT2D eigenvalue weighted by Crippen LogP contribution is 2.19. The summed E-state index contributed by atoms with van der Waals surface area (Å²) in [4.78, 5) is 8.93. The first kappa shape index (κ1) is 15.3. The van der Waals surface area contributed by atoms with E-state index in [1.807, 2.05) is 43.3 Å². The molecule has 1 N–H and O–H groups in total. The van der Waals surface area contributed by atoms with Crippen LogP contribution in [0.1, 0.15) is 24.1 Å². The molecular formula is C19H18N6. The number of hydrogen-bond donors (Lipinski definition) is 1. The third-order valence-electron chi connectivity index (χ3n) is 4.10. The average molecular weight is 330 g/mol. The van der Waals surface area contributed by atoms with Crippen molar-refractivity contribution in [2.24, 2.45) is 0 Å². The lowest BCUT2D eigenvalue weighted by molar-refractivity contribution is 0.790. The summed E-state index contributed by atoms with van der Waals surface area (Å²) < 4.78 is 1.74. The largest absolute Gasteiger partial charge is 0.348 e. The van der Waals surface area contributed by atoms with E-state index in [0.29, 0.717) is 11.8 Å². The molecule has 0 saturated heterocycles. The zero-order chi connectivity index (χ0) is 17.2. The van der Waals surface area contributed by atoms with Crippen LogP contribution in [-0.4, -0.2) is 25.0 Å². The highest BCUT2D eigenvalue weighted by molar-refractivity contribution is 5.76. The van der Waals surface area contributed by atoms with Crippen molar-refractivity contribution in [3.63, 3.8) is 0 Å². The van der Waals surface area contributed by atoms with Crippen LogP contribution in [0.15, 0.2) is 60.8 Å². The molecule has 25 heavy (non-hydrogen) atoms. The third-order valence-corrected chi connectivity index (χ3v) is 4.10. The maximum atomic E-state index is 4.60. The molecule has 0 bridgehead atoms. The summed E-state index contributed by atoms with van der Waals surface area (Å²) in [5.74, 6) is 1.25. The van der Waals surface area contributed by atoms with Crippen LogP contribution in [0.3, 0.4) is 0 Å². The van der Waals surface area contributed by atoms with Gasteiger partial charge in [-0.25, -0.2) is 4.98 Å². The molecule has 0 saturated carbocycles. The fourth-order valence-electron chi connectivity index (χ4n) is 2.75. The molecule has 6 nitrogen and oxygen atoms in total. The van der Waals surface area contributed by atoms with Crippen molar-refractivity contribution in [3.8, 4) is 5.82 Å². The minimum Gasteiger partial charge on any atom is -0.348 e. The van der Waals surface area contributed by atoms with Crippen molar-refractivity contribution in [2.45, 2.75) is 19.9 Å². The molecule has 0 aliphatic heterocycles. The van der Waals surface area contributed by atoms with Gasteiger partial charge in [-0.1, -0.05) is 41.6 Å². The van der Waals surface area contributed by atoms with Gasteiger partial charge in [0.2, 0.25) is 5.95 Å². The van der Waals surface area contributed by atoms with Crippen molar-refractivity contribution in [1.82, 2.24) is 25.0 Å². The molecule has 1 atom stereocenters. The number of nitrogens with zero attached hydrogens (tertiary/aromatic N) is 5. The summed E-state index contributed by atoms with van der Waals surface area (Å²) >= 11 is 0. The van der Waals surface area contributed by atoms with Gasteiger partial charge in [-0.2, -0.15) is 9.67 Å². The van der Waals surface area contributed by atoms with E-state index >= 15 is 0 Å². The minimum absolute atomic E-state index is 0.103. The number of hydrogen-bond acceptors (Lipinski definition) is 5. The first-order valence-electron chi connectivity index (χ1n) is 8.18. The Labute approximate surface area is 145 Å². The summed E-state index contributed by atoms with van der Waals surface area (Å²) in [7, 11) is 0. The van der Waals surface area contributed by atoms with E-state index in [4.69, 9.17) is 0 Å². The number of fused-ring (bicyclic) bond motifs is 1. The lowest BCUT2D eigenvalue weighted by Crippen LogP contribution is -2.11. The number of aryl methyl sites for hydroxylation is 1. The summed E-state index contributed by atoms with van der Waals surface area (Å²) in [6.45, 7) is 4.13. The van der Waals surface area contributed by atoms with Gasteiger partial charge in [0.25, 0.3) is 0 Å². The number of rotatable bonds is 4. The Morgan fingerprint density at radius 2 is 1.88 bits per heavy atom. The first-order chi connectivity index (χ1) is 12.2. The maximum absolute atomic E-state index is 4.60. The lowest BCUT2D eigenvalue weighted by Gasteiger charge is -2.14. The Morgan fingerprint density at radius 3 is 2.72 bits per heavy atom. The zero-order valence-corrected chi connectivity index (χ0v) is 14.1. The first-order valence-corrected chi connectivity index (χ1v) is 8.18. The van der Waals surface area contributed by atoms with Crippen LogP contribution < -0.4 is 5.32 Å². The van der Waals surface area contributed by atoms with Crippen LogP contribution in [0.25, 0.3) is 16.9 Å². The van der Waals surface area contributed by atoms with E-state index in [2.05, 4.69) is 50.7 Å². The van der Waals surface area contributed by atoms with Crippen LogP contribution >= 0.6 is 0 Å². The molecule has 4 aromatic rings. The second-order valence-electron chi connectivity index (χ2n) is 6.01. The average Bonchev–Trinajstić information content (AvgIpc) is 3.05. The van der Waals surface area contributed by atoms with Crippen LogP contribution in [0, 0.1) is 6.92 Å². The molecule has 6 heteroatoms. The molecule has 0 amide bonds. The SMILES string of the molecule is Cc1ccc2nnn(-c3ccnc(NC(C)c4ccccc4)n3)c2c1. The van der Waals surface area contributed by atoms with Gasteiger partial charge in [-0.15, -0.1) is 5.10 Å². The molecule has 0 spiro atoms. The van der Waals surface area contributed by atoms with Crippen LogP contribution in [0.4, 0.5) is 5.95 Å². The Hall–Kier alpha value is -3.28. The normalized spacial score (nSPS) is 12.2. The lowest BCUT2D eigenvalue weighted by atomic mass is 10.1. The summed E-state index contributed by atoms with van der Waals surface area (Å²) in [5, 5.41) is 11.8. The van der Waals surface area contributed by atoms with Gasteiger partial charge >= 0.3 is 0 Å². The molecule has 2 aromatic carbocycles. The second-order valence-corrected chi connectivity index (χ2v) is 6.01. The van der Waals surface area contributed by atoms with Crippen molar-refractivity contribution in [2.75, 3.05) is 5.32 Å². The van der Waals surface area contributed by atoms with E-state index in [-0.39, 0.29) is 6.04 Å². The van der Waals surface area contributed by atoms with Gasteiger partial charge < -0.3 is 5.32 Å². The van der Waals surface area contributed by atoms with Gasteiger partial charge in [-0.05, 0) is 37.1 Å². The van der Waals surface area contributed by atoms with Gasteiger partial charge in [0, 0.05) is 12.3 Å². The van der Waals surface area contributed by atoms with E-state index in [9.17, 15) is 0 Å². The van der Waals surface area contributed by atoms with Gasteiger partial charge in [-0.3, -0.25) is 0 Å². The van der Waals surface area contributed by atoms with E-state index in [0.717, 1.165) is 16.6 Å². The van der Waals surface area contributed by atoms with E-state index < -0.39 is 0 Å². The second kappa shape index (κ2) is 6.32. The Kier molecular flexibility index (Phi) is 3.85. The molecule has 0 fully saturated rings. The summed E-state index contributed by atoms with van der Waals surface area (Å²) in [6.07, 6.45) is 1.73. The minimum atomic E-state index is 0.103. The quantitative estimate of drug-likeness (QED) is 0.618. The Balaban J connectivity index is 1.66. The highest BCUT2D eigenvalue weighted by atomic mass is 15.4. The highest BCUT2D eigenvalue weighted by Gasteiger charge is 2.11. The fraction of sp³-hybridized carbons (Fsp3) is 0.158. The molecule has 0 aliphatic carbocycles. The predicted molar refractivity (Wildman–Crippen MR) is 97.7 cm³/mol. The third kappa shape index (κ3) is 3.06. The van der Waals surface area contributed by atoms with Crippen molar-refractivity contribution < 1.29 is 0 Å². The van der Waals surface area contributed by atoms with Gasteiger partial charge in [0.15, 0.2) is 5.82 Å². The number of aromatic nitrogens is 5. The number of nitrogens with one attached hydrogen (secondary N) is 1. The molecule has 0 radical (unpaired) electrons. The predicted octanol–water partition coefficient (Wildman–Crippen LogP) is 3.69. The molecule has 2 heterocycles. The number of benzene rings is 2. The molecule has 0 aliphatic rings. The van der Waals surface area contributed by atoms with Crippen molar-refractivity contribution in [1.29, 1.82) is 0 Å². The molecule has 2 aromatic heterocycles. The zero-order valence-electron chi connectivity index (χ0n) is 14.1. The topological polar surface area (TPSA) is 68.5 Å². The number of anilines is 1. The maximum Gasteiger partial charge on any atom is 0.225 e. The van der Waals surface area contributed by atoms with Crippen molar-refractivity contribution >= 4 is 17.0 Å². The Morgan fingerprint density at radius 1 is 1.04 bits per heavy atom.